The third-order valence-electron chi connectivity index (χ3n) is 4.27. The summed E-state index contributed by atoms with van der Waals surface area (Å²) in [4.78, 5) is 17.0. The van der Waals surface area contributed by atoms with Crippen LogP contribution in [0.15, 0.2) is 53.7 Å². The number of ether oxygens (including phenoxy) is 1. The minimum Gasteiger partial charge on any atom is -0.497 e. The van der Waals surface area contributed by atoms with Gasteiger partial charge in [-0.25, -0.2) is 4.98 Å². The summed E-state index contributed by atoms with van der Waals surface area (Å²) >= 11 is 1.48. The molecule has 0 radical (unpaired) electrons. The van der Waals surface area contributed by atoms with Crippen molar-refractivity contribution in [3.8, 4) is 5.75 Å². The van der Waals surface area contributed by atoms with Gasteiger partial charge in [-0.15, -0.1) is 0 Å². The number of fused-ring (bicyclic) bond motifs is 1. The van der Waals surface area contributed by atoms with E-state index < -0.39 is 0 Å². The molecule has 0 saturated heterocycles. The van der Waals surface area contributed by atoms with Crippen LogP contribution >= 0.6 is 11.8 Å². The molecule has 26 heavy (non-hydrogen) atoms. The van der Waals surface area contributed by atoms with Gasteiger partial charge in [-0.3, -0.25) is 4.79 Å². The Morgan fingerprint density at radius 3 is 2.65 bits per heavy atom. The number of methoxy groups -OCH3 is 1. The van der Waals surface area contributed by atoms with Gasteiger partial charge in [0.1, 0.15) is 5.75 Å². The fraction of sp³-hybridized carbons (Fsp3) is 0.300. The lowest BCUT2D eigenvalue weighted by Gasteiger charge is -2.12. The molecule has 1 heterocycles. The van der Waals surface area contributed by atoms with Crippen LogP contribution in [0.4, 0.5) is 0 Å². The first-order chi connectivity index (χ1) is 12.6. The Kier molecular flexibility index (Phi) is 5.83. The fourth-order valence-electron chi connectivity index (χ4n) is 2.71. The first-order valence-electron chi connectivity index (χ1n) is 8.57. The fourth-order valence-corrected chi connectivity index (χ4v) is 3.62. The Bertz CT molecular complexity index is 890. The van der Waals surface area contributed by atoms with Crippen molar-refractivity contribution in [1.82, 2.24) is 14.9 Å². The largest absolute Gasteiger partial charge is 0.497 e. The second-order valence-electron chi connectivity index (χ2n) is 6.09. The lowest BCUT2D eigenvalue weighted by molar-refractivity contribution is -0.120. The van der Waals surface area contributed by atoms with Crippen molar-refractivity contribution < 1.29 is 9.53 Å². The standard InChI is InChI=1S/C20H23N3O2S/c1-14(26-20-22-17-6-4-5-7-18(17)23(20)2)19(24)21-13-12-15-8-10-16(25-3)11-9-15/h4-11,14H,12-13H2,1-3H3,(H,21,24). The van der Waals surface area contributed by atoms with Crippen molar-refractivity contribution in [3.63, 3.8) is 0 Å². The number of imidazole rings is 1. The summed E-state index contributed by atoms with van der Waals surface area (Å²) in [5, 5.41) is 3.65. The highest BCUT2D eigenvalue weighted by molar-refractivity contribution is 8.00. The first-order valence-corrected chi connectivity index (χ1v) is 9.45. The van der Waals surface area contributed by atoms with E-state index in [9.17, 15) is 4.79 Å². The number of thioether (sulfide) groups is 1. The molecule has 0 aliphatic heterocycles. The number of para-hydroxylation sites is 2. The van der Waals surface area contributed by atoms with Crippen LogP contribution in [0, 0.1) is 0 Å². The minimum absolute atomic E-state index is 0.0237. The van der Waals surface area contributed by atoms with Crippen molar-refractivity contribution in [1.29, 1.82) is 0 Å². The van der Waals surface area contributed by atoms with Gasteiger partial charge in [0.25, 0.3) is 0 Å². The summed E-state index contributed by atoms with van der Waals surface area (Å²) in [5.41, 5.74) is 3.19. The van der Waals surface area contributed by atoms with Crippen LogP contribution in [0.5, 0.6) is 5.75 Å². The summed E-state index contributed by atoms with van der Waals surface area (Å²) in [6.45, 7) is 2.52. The van der Waals surface area contributed by atoms with Gasteiger partial charge >= 0.3 is 0 Å². The normalized spacial score (nSPS) is 12.1. The van der Waals surface area contributed by atoms with Gasteiger partial charge in [0.05, 0.1) is 23.4 Å². The molecule has 0 spiro atoms. The van der Waals surface area contributed by atoms with Crippen LogP contribution in [-0.4, -0.2) is 34.4 Å². The molecular weight excluding hydrogens is 346 g/mol. The first kappa shape index (κ1) is 18.3. The van der Waals surface area contributed by atoms with Crippen LogP contribution in [-0.2, 0) is 18.3 Å². The molecule has 136 valence electrons. The highest BCUT2D eigenvalue weighted by atomic mass is 32.2. The van der Waals surface area contributed by atoms with Gasteiger partial charge in [0.2, 0.25) is 5.91 Å². The SMILES string of the molecule is COc1ccc(CCNC(=O)C(C)Sc2nc3ccccc3n2C)cc1. The topological polar surface area (TPSA) is 56.1 Å². The van der Waals surface area contributed by atoms with E-state index >= 15 is 0 Å². The maximum atomic E-state index is 12.4. The zero-order chi connectivity index (χ0) is 18.5. The van der Waals surface area contributed by atoms with Gasteiger partial charge in [-0.1, -0.05) is 36.0 Å². The molecule has 1 atom stereocenters. The molecule has 3 rings (SSSR count). The lowest BCUT2D eigenvalue weighted by Crippen LogP contribution is -2.32. The average Bonchev–Trinajstić information content (AvgIpc) is 2.98. The zero-order valence-corrected chi connectivity index (χ0v) is 16.0. The minimum atomic E-state index is -0.207. The second-order valence-corrected chi connectivity index (χ2v) is 7.40. The number of nitrogens with one attached hydrogen (secondary N) is 1. The molecule has 0 aliphatic rings. The van der Waals surface area contributed by atoms with E-state index in [2.05, 4.69) is 10.3 Å². The van der Waals surface area contributed by atoms with Crippen LogP contribution in [0.3, 0.4) is 0 Å². The van der Waals surface area contributed by atoms with E-state index in [4.69, 9.17) is 4.74 Å². The van der Waals surface area contributed by atoms with E-state index in [1.54, 1.807) is 7.11 Å². The van der Waals surface area contributed by atoms with Crippen molar-refractivity contribution in [2.24, 2.45) is 7.05 Å². The summed E-state index contributed by atoms with van der Waals surface area (Å²) in [7, 11) is 3.63. The number of hydrogen-bond donors (Lipinski definition) is 1. The number of aromatic nitrogens is 2. The maximum absolute atomic E-state index is 12.4. The Balaban J connectivity index is 1.53. The summed E-state index contributed by atoms with van der Waals surface area (Å²) < 4.78 is 7.18. The lowest BCUT2D eigenvalue weighted by atomic mass is 10.1. The maximum Gasteiger partial charge on any atom is 0.233 e. The van der Waals surface area contributed by atoms with Crippen LogP contribution < -0.4 is 10.1 Å². The highest BCUT2D eigenvalue weighted by Crippen LogP contribution is 2.26. The average molecular weight is 369 g/mol. The molecule has 0 saturated carbocycles. The highest BCUT2D eigenvalue weighted by Gasteiger charge is 2.17. The number of rotatable bonds is 7. The van der Waals surface area contributed by atoms with E-state index in [0.29, 0.717) is 6.54 Å². The van der Waals surface area contributed by atoms with Gasteiger partial charge in [0.15, 0.2) is 5.16 Å². The van der Waals surface area contributed by atoms with E-state index in [1.165, 1.54) is 17.3 Å². The van der Waals surface area contributed by atoms with Crippen LogP contribution in [0.1, 0.15) is 12.5 Å². The van der Waals surface area contributed by atoms with Crippen molar-refractivity contribution in [2.75, 3.05) is 13.7 Å². The third-order valence-corrected chi connectivity index (χ3v) is 5.41. The zero-order valence-electron chi connectivity index (χ0n) is 15.2. The molecule has 6 heteroatoms. The number of nitrogens with zero attached hydrogens (tertiary/aromatic N) is 2. The number of hydrogen-bond acceptors (Lipinski definition) is 4. The third kappa shape index (κ3) is 4.19. The second kappa shape index (κ2) is 8.27. The molecular formula is C20H23N3O2S. The molecule has 1 amide bonds. The predicted molar refractivity (Wildman–Crippen MR) is 106 cm³/mol. The number of benzene rings is 2. The van der Waals surface area contributed by atoms with E-state index in [0.717, 1.165) is 28.4 Å². The smallest absolute Gasteiger partial charge is 0.233 e. The number of carbonyl (C=O) groups excluding carboxylic acids is 1. The van der Waals surface area contributed by atoms with Crippen molar-refractivity contribution in [2.45, 2.75) is 23.8 Å². The molecule has 1 N–H and O–H groups in total. The predicted octanol–water partition coefficient (Wildman–Crippen LogP) is 3.42. The van der Waals surface area contributed by atoms with Gasteiger partial charge < -0.3 is 14.6 Å². The number of carbonyl (C=O) groups is 1. The molecule has 3 aromatic rings. The van der Waals surface area contributed by atoms with Crippen LogP contribution in [0.2, 0.25) is 0 Å². The molecule has 5 nitrogen and oxygen atoms in total. The summed E-state index contributed by atoms with van der Waals surface area (Å²) in [6, 6.07) is 15.9. The van der Waals surface area contributed by atoms with Crippen molar-refractivity contribution in [3.05, 3.63) is 54.1 Å². The molecule has 2 aromatic carbocycles. The van der Waals surface area contributed by atoms with Gasteiger partial charge in [-0.2, -0.15) is 0 Å². The summed E-state index contributed by atoms with van der Waals surface area (Å²) in [5.74, 6) is 0.862. The summed E-state index contributed by atoms with van der Waals surface area (Å²) in [6.07, 6.45) is 0.791. The van der Waals surface area contributed by atoms with Gasteiger partial charge in [-0.05, 0) is 43.2 Å². The Labute approximate surface area is 157 Å². The monoisotopic (exact) mass is 369 g/mol. The molecule has 1 aromatic heterocycles. The molecule has 0 fully saturated rings. The number of amides is 1. The van der Waals surface area contributed by atoms with Gasteiger partial charge in [0, 0.05) is 13.6 Å². The molecule has 0 bridgehead atoms. The van der Waals surface area contributed by atoms with Crippen LogP contribution in [0.25, 0.3) is 11.0 Å². The quantitative estimate of drug-likeness (QED) is 0.649. The van der Waals surface area contributed by atoms with E-state index in [-0.39, 0.29) is 11.2 Å². The Morgan fingerprint density at radius 1 is 1.23 bits per heavy atom. The molecule has 0 aliphatic carbocycles. The van der Waals surface area contributed by atoms with Crippen molar-refractivity contribution >= 4 is 28.7 Å². The Hall–Kier alpha value is -2.47. The molecule has 1 unspecified atom stereocenters. The Morgan fingerprint density at radius 2 is 1.96 bits per heavy atom. The van der Waals surface area contributed by atoms with E-state index in [1.807, 2.05) is 67.1 Å². The number of aryl methyl sites for hydroxylation is 1.